The number of carbonyl (C=O) groups is 1. The van der Waals surface area contributed by atoms with Gasteiger partial charge in [0.15, 0.2) is 0 Å². The average molecular weight is 522 g/mol. The van der Waals surface area contributed by atoms with Crippen LogP contribution in [0, 0.1) is 12.8 Å². The predicted molar refractivity (Wildman–Crippen MR) is 135 cm³/mol. The number of aryl methyl sites for hydroxylation is 1. The van der Waals surface area contributed by atoms with Gasteiger partial charge in [0.25, 0.3) is 5.91 Å². The number of anilines is 1. The average Bonchev–Trinajstić information content (AvgIpc) is 3.35. The Morgan fingerprint density at radius 3 is 2.59 bits per heavy atom. The van der Waals surface area contributed by atoms with Gasteiger partial charge >= 0.3 is 0 Å². The van der Waals surface area contributed by atoms with E-state index in [-0.39, 0.29) is 27.6 Å². The van der Waals surface area contributed by atoms with Gasteiger partial charge in [0.1, 0.15) is 4.32 Å². The van der Waals surface area contributed by atoms with Crippen molar-refractivity contribution in [2.24, 2.45) is 5.92 Å². The molecule has 2 saturated heterocycles. The summed E-state index contributed by atoms with van der Waals surface area (Å²) in [7, 11) is -2.37. The first-order chi connectivity index (χ1) is 16.2. The number of oxazole rings is 1. The van der Waals surface area contributed by atoms with Crippen LogP contribution in [0.3, 0.4) is 0 Å². The van der Waals surface area contributed by atoms with Crippen LogP contribution in [0.2, 0.25) is 0 Å². The Hall–Kier alpha value is -2.21. The number of piperidine rings is 1. The van der Waals surface area contributed by atoms with Gasteiger partial charge in [-0.15, -0.1) is 0 Å². The van der Waals surface area contributed by atoms with E-state index < -0.39 is 9.84 Å². The molecule has 1 aromatic heterocycles. The summed E-state index contributed by atoms with van der Waals surface area (Å²) >= 11 is 6.45. The van der Waals surface area contributed by atoms with Crippen LogP contribution >= 0.6 is 24.0 Å². The van der Waals surface area contributed by atoms with Gasteiger partial charge in [-0.1, -0.05) is 48.6 Å². The molecule has 1 amide bonds. The molecule has 4 rings (SSSR count). The largest absolute Gasteiger partial charge is 0.420 e. The van der Waals surface area contributed by atoms with Crippen LogP contribution in [0.5, 0.6) is 0 Å². The fraction of sp³-hybridized carbons (Fsp3) is 0.435. The summed E-state index contributed by atoms with van der Waals surface area (Å²) < 4.78 is 38.5. The molecule has 1 aromatic carbocycles. The molecule has 0 aliphatic carbocycles. The number of aromatic nitrogens is 1. The van der Waals surface area contributed by atoms with Crippen LogP contribution < -0.4 is 4.90 Å². The quantitative estimate of drug-likeness (QED) is 0.397. The van der Waals surface area contributed by atoms with E-state index in [0.717, 1.165) is 30.2 Å². The maximum atomic E-state index is 13.5. The third kappa shape index (κ3) is 5.07. The first-order valence-electron chi connectivity index (χ1n) is 11.0. The standard InChI is InChI=1S/C23H27N3O5S3/c1-15-4-6-17(7-5-15)34(28,29)20-22(25-10-8-16(2)9-11-25)31-19(24-20)14-18-21(27)26(12-13-30-3)23(32)33-18/h4-7,14,16H,8-13H2,1-3H3/b18-14-. The lowest BCUT2D eigenvalue weighted by atomic mass is 9.99. The van der Waals surface area contributed by atoms with Crippen LogP contribution in [-0.2, 0) is 19.4 Å². The Morgan fingerprint density at radius 2 is 1.94 bits per heavy atom. The lowest BCUT2D eigenvalue weighted by Gasteiger charge is -2.30. The molecule has 11 heteroatoms. The summed E-state index contributed by atoms with van der Waals surface area (Å²) in [5, 5.41) is -0.132. The molecule has 2 aliphatic heterocycles. The van der Waals surface area contributed by atoms with Crippen molar-refractivity contribution < 1.29 is 22.4 Å². The first-order valence-corrected chi connectivity index (χ1v) is 13.7. The van der Waals surface area contributed by atoms with Crippen LogP contribution in [-0.4, -0.2) is 61.9 Å². The molecule has 0 bridgehead atoms. The highest BCUT2D eigenvalue weighted by Crippen LogP contribution is 2.36. The number of rotatable bonds is 7. The molecule has 182 valence electrons. The molecule has 8 nitrogen and oxygen atoms in total. The number of amides is 1. The van der Waals surface area contributed by atoms with Gasteiger partial charge in [0.05, 0.1) is 23.0 Å². The van der Waals surface area contributed by atoms with Gasteiger partial charge in [0, 0.05) is 26.3 Å². The minimum Gasteiger partial charge on any atom is -0.420 e. The minimum absolute atomic E-state index is 0.0616. The fourth-order valence-electron chi connectivity index (χ4n) is 3.78. The highest BCUT2D eigenvalue weighted by molar-refractivity contribution is 8.26. The topological polar surface area (TPSA) is 92.9 Å². The number of sulfone groups is 1. The van der Waals surface area contributed by atoms with E-state index in [9.17, 15) is 13.2 Å². The number of nitrogens with zero attached hydrogens (tertiary/aromatic N) is 3. The number of thioether (sulfide) groups is 1. The number of thiocarbonyl (C=S) groups is 1. The maximum Gasteiger partial charge on any atom is 0.266 e. The van der Waals surface area contributed by atoms with E-state index in [4.69, 9.17) is 21.4 Å². The van der Waals surface area contributed by atoms with Gasteiger partial charge in [-0.3, -0.25) is 9.69 Å². The second-order valence-electron chi connectivity index (χ2n) is 8.47. The first kappa shape index (κ1) is 24.9. The Morgan fingerprint density at radius 1 is 1.26 bits per heavy atom. The molecule has 0 radical (unpaired) electrons. The van der Waals surface area contributed by atoms with Crippen molar-refractivity contribution in [2.45, 2.75) is 36.6 Å². The van der Waals surface area contributed by atoms with E-state index in [1.807, 2.05) is 11.8 Å². The Labute approximate surface area is 209 Å². The lowest BCUT2D eigenvalue weighted by molar-refractivity contribution is -0.122. The van der Waals surface area contributed by atoms with Crippen molar-refractivity contribution in [3.8, 4) is 0 Å². The second kappa shape index (κ2) is 10.2. The van der Waals surface area contributed by atoms with Gasteiger partial charge in [0.2, 0.25) is 26.6 Å². The molecule has 0 unspecified atom stereocenters. The SMILES string of the molecule is COCCN1C(=O)/C(=C/c2nc(S(=O)(=O)c3ccc(C)cc3)c(N3CCC(C)CC3)o2)SC1=S. The fourth-order valence-corrected chi connectivity index (χ4v) is 6.38. The van der Waals surface area contributed by atoms with Crippen LogP contribution in [0.15, 0.2) is 43.5 Å². The summed E-state index contributed by atoms with van der Waals surface area (Å²) in [5.74, 6) is 0.561. The number of benzene rings is 1. The maximum absolute atomic E-state index is 13.5. The third-order valence-electron chi connectivity index (χ3n) is 5.90. The summed E-state index contributed by atoms with van der Waals surface area (Å²) in [4.78, 5) is 21.0. The molecule has 34 heavy (non-hydrogen) atoms. The molecule has 2 aliphatic rings. The molecule has 0 spiro atoms. The van der Waals surface area contributed by atoms with Gasteiger partial charge in [-0.25, -0.2) is 8.42 Å². The van der Waals surface area contributed by atoms with Crippen molar-refractivity contribution in [1.29, 1.82) is 0 Å². The zero-order valence-corrected chi connectivity index (χ0v) is 21.8. The zero-order valence-electron chi connectivity index (χ0n) is 19.3. The third-order valence-corrected chi connectivity index (χ3v) is 8.95. The smallest absolute Gasteiger partial charge is 0.266 e. The van der Waals surface area contributed by atoms with Crippen molar-refractivity contribution in [3.05, 3.63) is 40.6 Å². The molecule has 0 atom stereocenters. The van der Waals surface area contributed by atoms with Gasteiger partial charge in [-0.2, -0.15) is 4.98 Å². The van der Waals surface area contributed by atoms with E-state index in [1.54, 1.807) is 31.4 Å². The summed E-state index contributed by atoms with van der Waals surface area (Å²) in [6, 6.07) is 6.65. The van der Waals surface area contributed by atoms with E-state index >= 15 is 0 Å². The summed E-state index contributed by atoms with van der Waals surface area (Å²) in [6.07, 6.45) is 3.33. The normalized spacial score (nSPS) is 19.0. The van der Waals surface area contributed by atoms with Gasteiger partial charge in [-0.05, 0) is 37.8 Å². The molecule has 3 heterocycles. The highest BCUT2D eigenvalue weighted by atomic mass is 32.2. The van der Waals surface area contributed by atoms with Crippen LogP contribution in [0.4, 0.5) is 5.88 Å². The van der Waals surface area contributed by atoms with E-state index in [1.165, 1.54) is 11.0 Å². The Bertz CT molecular complexity index is 1210. The highest BCUT2D eigenvalue weighted by Gasteiger charge is 2.35. The van der Waals surface area contributed by atoms with Crippen molar-refractivity contribution in [1.82, 2.24) is 9.88 Å². The van der Waals surface area contributed by atoms with Crippen molar-refractivity contribution in [3.63, 3.8) is 0 Å². The molecule has 2 aromatic rings. The van der Waals surface area contributed by atoms with Crippen molar-refractivity contribution >= 4 is 56.0 Å². The number of hydrogen-bond donors (Lipinski definition) is 0. The Kier molecular flexibility index (Phi) is 7.46. The molecular weight excluding hydrogens is 494 g/mol. The number of methoxy groups -OCH3 is 1. The second-order valence-corrected chi connectivity index (χ2v) is 12.0. The zero-order chi connectivity index (χ0) is 24.5. The van der Waals surface area contributed by atoms with Crippen LogP contribution in [0.25, 0.3) is 6.08 Å². The monoisotopic (exact) mass is 521 g/mol. The predicted octanol–water partition coefficient (Wildman–Crippen LogP) is 3.90. The number of hydrogen-bond acceptors (Lipinski definition) is 9. The molecule has 0 saturated carbocycles. The molecular formula is C23H27N3O5S3. The molecule has 2 fully saturated rings. The summed E-state index contributed by atoms with van der Waals surface area (Å²) in [5.41, 5.74) is 0.959. The van der Waals surface area contributed by atoms with E-state index in [2.05, 4.69) is 11.9 Å². The number of carbonyl (C=O) groups excluding carboxylic acids is 1. The van der Waals surface area contributed by atoms with E-state index in [0.29, 0.717) is 41.4 Å². The van der Waals surface area contributed by atoms with Crippen LogP contribution in [0.1, 0.15) is 31.2 Å². The summed E-state index contributed by atoms with van der Waals surface area (Å²) in [6.45, 7) is 6.12. The van der Waals surface area contributed by atoms with Gasteiger partial charge < -0.3 is 14.1 Å². The molecule has 0 N–H and O–H groups in total. The number of ether oxygens (including phenoxy) is 1. The Balaban J connectivity index is 1.73. The lowest BCUT2D eigenvalue weighted by Crippen LogP contribution is -2.33. The van der Waals surface area contributed by atoms with Crippen molar-refractivity contribution in [2.75, 3.05) is 38.3 Å². The minimum atomic E-state index is -3.93.